The van der Waals surface area contributed by atoms with Gasteiger partial charge in [0.2, 0.25) is 0 Å². The average molecular weight is 531 g/mol. The van der Waals surface area contributed by atoms with E-state index in [-0.39, 0.29) is 44.2 Å². The van der Waals surface area contributed by atoms with Gasteiger partial charge in [-0.2, -0.15) is 13.2 Å². The maximum atomic E-state index is 12.9. The number of nitrogens with zero attached hydrogens (tertiary/aromatic N) is 2. The molecule has 176 valence electrons. The third-order valence-corrected chi connectivity index (χ3v) is 5.73. The molecule has 1 aliphatic heterocycles. The molecular weight excluding hydrogens is 505 g/mol. The smallest absolute Gasteiger partial charge is 0.414 e. The van der Waals surface area contributed by atoms with E-state index in [0.717, 1.165) is 11.3 Å². The fourth-order valence-corrected chi connectivity index (χ4v) is 4.01. The minimum atomic E-state index is -4.20. The highest BCUT2D eigenvalue weighted by Gasteiger charge is 2.41. The first-order chi connectivity index (χ1) is 14.3. The molecule has 1 aromatic heterocycles. The third-order valence-electron chi connectivity index (χ3n) is 4.38. The summed E-state index contributed by atoms with van der Waals surface area (Å²) in [6.45, 7) is 5.89. The Labute approximate surface area is 191 Å². The maximum absolute atomic E-state index is 12.9. The standard InChI is InChI=1S/C18H26BrF3N4O4S/c1-17(2,3)30-15(28)25-12(8-23-14(27)29-16-24-9-13(19)31-16)10-26-6-4-11(5-7-26)18(20,21)22/h9,11-12H,4-8,10H2,1-3H3,(H,23,27)(H,25,28)/t12-/m0/s1. The van der Waals surface area contributed by atoms with Crippen LogP contribution in [0.5, 0.6) is 5.19 Å². The van der Waals surface area contributed by atoms with Crippen molar-refractivity contribution in [3.63, 3.8) is 0 Å². The van der Waals surface area contributed by atoms with Gasteiger partial charge in [-0.25, -0.2) is 14.6 Å². The Kier molecular flexibility index (Phi) is 8.95. The summed E-state index contributed by atoms with van der Waals surface area (Å²) in [6.07, 6.45) is -4.15. The Bertz CT molecular complexity index is 749. The van der Waals surface area contributed by atoms with Crippen LogP contribution in [-0.2, 0) is 4.74 Å². The number of carbonyl (C=O) groups excluding carboxylic acids is 2. The van der Waals surface area contributed by atoms with Gasteiger partial charge in [-0.05, 0) is 62.6 Å². The number of nitrogens with one attached hydrogen (secondary N) is 2. The van der Waals surface area contributed by atoms with E-state index >= 15 is 0 Å². The molecule has 0 spiro atoms. The lowest BCUT2D eigenvalue weighted by atomic mass is 9.96. The van der Waals surface area contributed by atoms with E-state index in [1.165, 1.54) is 6.20 Å². The van der Waals surface area contributed by atoms with Crippen LogP contribution in [0.15, 0.2) is 9.98 Å². The molecule has 1 saturated heterocycles. The zero-order valence-corrected chi connectivity index (χ0v) is 19.8. The summed E-state index contributed by atoms with van der Waals surface area (Å²) in [5.74, 6) is -1.31. The topological polar surface area (TPSA) is 92.8 Å². The van der Waals surface area contributed by atoms with E-state index in [9.17, 15) is 22.8 Å². The zero-order chi connectivity index (χ0) is 23.2. The number of ether oxygens (including phenoxy) is 2. The van der Waals surface area contributed by atoms with Crippen LogP contribution < -0.4 is 15.4 Å². The monoisotopic (exact) mass is 530 g/mol. The van der Waals surface area contributed by atoms with Crippen LogP contribution >= 0.6 is 27.3 Å². The molecule has 0 bridgehead atoms. The minimum Gasteiger partial charge on any atom is -0.444 e. The molecule has 2 amide bonds. The molecule has 1 aromatic rings. The molecule has 0 radical (unpaired) electrons. The second kappa shape index (κ2) is 10.8. The molecular formula is C18H26BrF3N4O4S. The number of amides is 2. The summed E-state index contributed by atoms with van der Waals surface area (Å²) >= 11 is 4.34. The second-order valence-corrected chi connectivity index (χ2v) is 10.5. The van der Waals surface area contributed by atoms with Gasteiger partial charge in [0.05, 0.1) is 21.9 Å². The van der Waals surface area contributed by atoms with Gasteiger partial charge in [0.1, 0.15) is 5.60 Å². The number of likely N-dealkylation sites (tertiary alicyclic amines) is 1. The van der Waals surface area contributed by atoms with Crippen LogP contribution in [0.2, 0.25) is 0 Å². The van der Waals surface area contributed by atoms with Crippen LogP contribution in [0.25, 0.3) is 0 Å². The van der Waals surface area contributed by atoms with Gasteiger partial charge in [-0.15, -0.1) is 0 Å². The minimum absolute atomic E-state index is 0.00292. The summed E-state index contributed by atoms with van der Waals surface area (Å²) < 4.78 is 49.7. The Morgan fingerprint density at radius 1 is 1.29 bits per heavy atom. The number of alkyl halides is 3. The van der Waals surface area contributed by atoms with E-state index in [4.69, 9.17) is 9.47 Å². The first-order valence-electron chi connectivity index (χ1n) is 9.67. The first kappa shape index (κ1) is 25.7. The van der Waals surface area contributed by atoms with Crippen LogP contribution in [0, 0.1) is 5.92 Å². The van der Waals surface area contributed by atoms with E-state index in [0.29, 0.717) is 3.79 Å². The molecule has 13 heteroatoms. The first-order valence-corrected chi connectivity index (χ1v) is 11.3. The molecule has 0 saturated carbocycles. The fourth-order valence-electron chi connectivity index (χ4n) is 3.00. The number of rotatable bonds is 6. The number of piperidine rings is 1. The molecule has 0 unspecified atom stereocenters. The Balaban J connectivity index is 1.91. The number of halogens is 4. The quantitative estimate of drug-likeness (QED) is 0.573. The van der Waals surface area contributed by atoms with Crippen molar-refractivity contribution >= 4 is 39.5 Å². The fraction of sp³-hybridized carbons (Fsp3) is 0.722. The number of carbonyl (C=O) groups is 2. The van der Waals surface area contributed by atoms with Crippen molar-refractivity contribution in [3.05, 3.63) is 9.98 Å². The predicted molar refractivity (Wildman–Crippen MR) is 112 cm³/mol. The van der Waals surface area contributed by atoms with Gasteiger partial charge in [0.15, 0.2) is 0 Å². The summed E-state index contributed by atoms with van der Waals surface area (Å²) in [5, 5.41) is 5.36. The number of aromatic nitrogens is 1. The van der Waals surface area contributed by atoms with Gasteiger partial charge in [-0.1, -0.05) is 11.3 Å². The molecule has 2 rings (SSSR count). The lowest BCUT2D eigenvalue weighted by Crippen LogP contribution is -2.52. The summed E-state index contributed by atoms with van der Waals surface area (Å²) in [7, 11) is 0. The van der Waals surface area contributed by atoms with Crippen molar-refractivity contribution in [1.82, 2.24) is 20.5 Å². The zero-order valence-electron chi connectivity index (χ0n) is 17.4. The molecule has 0 aromatic carbocycles. The molecule has 2 N–H and O–H groups in total. The molecule has 1 aliphatic rings. The van der Waals surface area contributed by atoms with Crippen LogP contribution in [0.4, 0.5) is 22.8 Å². The number of thiazole rings is 1. The van der Waals surface area contributed by atoms with Crippen molar-refractivity contribution < 1.29 is 32.2 Å². The molecule has 1 atom stereocenters. The van der Waals surface area contributed by atoms with Crippen molar-refractivity contribution in [2.24, 2.45) is 5.92 Å². The molecule has 31 heavy (non-hydrogen) atoms. The highest BCUT2D eigenvalue weighted by atomic mass is 79.9. The Morgan fingerprint density at radius 3 is 2.45 bits per heavy atom. The molecule has 2 heterocycles. The lowest BCUT2D eigenvalue weighted by molar-refractivity contribution is -0.185. The van der Waals surface area contributed by atoms with Crippen molar-refractivity contribution in [2.45, 2.75) is 51.4 Å². The average Bonchev–Trinajstić information content (AvgIpc) is 3.02. The lowest BCUT2D eigenvalue weighted by Gasteiger charge is -2.35. The molecule has 0 aliphatic carbocycles. The van der Waals surface area contributed by atoms with Gasteiger partial charge in [-0.3, -0.25) is 0 Å². The van der Waals surface area contributed by atoms with Gasteiger partial charge in [0, 0.05) is 13.1 Å². The van der Waals surface area contributed by atoms with Crippen LogP contribution in [0.1, 0.15) is 33.6 Å². The van der Waals surface area contributed by atoms with Crippen molar-refractivity contribution in [1.29, 1.82) is 0 Å². The Hall–Kier alpha value is -1.60. The predicted octanol–water partition coefficient (Wildman–Crippen LogP) is 4.16. The van der Waals surface area contributed by atoms with E-state index in [1.807, 2.05) is 4.90 Å². The summed E-state index contributed by atoms with van der Waals surface area (Å²) in [5.41, 5.74) is -0.718. The largest absolute Gasteiger partial charge is 0.444 e. The Morgan fingerprint density at radius 2 is 1.94 bits per heavy atom. The van der Waals surface area contributed by atoms with E-state index in [2.05, 4.69) is 31.5 Å². The maximum Gasteiger partial charge on any atom is 0.414 e. The SMILES string of the molecule is CC(C)(C)OC(=O)N[C@@H](CNC(=O)Oc1ncc(Br)s1)CN1CCC(C(F)(F)F)CC1. The second-order valence-electron chi connectivity index (χ2n) is 8.16. The number of hydrogen-bond donors (Lipinski definition) is 2. The van der Waals surface area contributed by atoms with Gasteiger partial charge in [0.25, 0.3) is 5.19 Å². The normalized spacial score (nSPS) is 17.1. The van der Waals surface area contributed by atoms with Crippen molar-refractivity contribution in [3.8, 4) is 5.19 Å². The highest BCUT2D eigenvalue weighted by molar-refractivity contribution is 9.11. The van der Waals surface area contributed by atoms with Crippen molar-refractivity contribution in [2.75, 3.05) is 26.2 Å². The number of alkyl carbamates (subject to hydrolysis) is 1. The summed E-state index contributed by atoms with van der Waals surface area (Å²) in [4.78, 5) is 29.9. The molecule has 1 fully saturated rings. The van der Waals surface area contributed by atoms with Gasteiger partial charge < -0.3 is 25.0 Å². The van der Waals surface area contributed by atoms with E-state index in [1.54, 1.807) is 20.8 Å². The van der Waals surface area contributed by atoms with Gasteiger partial charge >= 0.3 is 18.4 Å². The molecule has 8 nitrogen and oxygen atoms in total. The summed E-state index contributed by atoms with van der Waals surface area (Å²) in [6, 6.07) is -0.590. The number of hydrogen-bond acceptors (Lipinski definition) is 7. The van der Waals surface area contributed by atoms with Crippen LogP contribution in [0.3, 0.4) is 0 Å². The third kappa shape index (κ3) is 9.60. The van der Waals surface area contributed by atoms with E-state index < -0.39 is 35.9 Å². The van der Waals surface area contributed by atoms with Crippen LogP contribution in [-0.4, -0.2) is 66.1 Å². The highest BCUT2D eigenvalue weighted by Crippen LogP contribution is 2.34.